The summed E-state index contributed by atoms with van der Waals surface area (Å²) in [5, 5.41) is 0. The van der Waals surface area contributed by atoms with Crippen molar-refractivity contribution in [2.75, 3.05) is 11.5 Å². The Hall–Kier alpha value is -1.96. The zero-order valence-corrected chi connectivity index (χ0v) is 21.2. The van der Waals surface area contributed by atoms with Crippen LogP contribution in [0.1, 0.15) is 126 Å². The zero-order valence-electron chi connectivity index (χ0n) is 21.2. The summed E-state index contributed by atoms with van der Waals surface area (Å²) in [6.45, 7) is 2.30. The molecule has 2 heteroatoms. The maximum Gasteiger partial charge on any atom is 0.0337 e. The van der Waals surface area contributed by atoms with Gasteiger partial charge in [-0.15, -0.1) is 0 Å². The van der Waals surface area contributed by atoms with E-state index in [-0.39, 0.29) is 0 Å². The lowest BCUT2D eigenvalue weighted by atomic mass is 9.77. The summed E-state index contributed by atoms with van der Waals surface area (Å²) in [6.07, 6.45) is 22.4. The molecule has 1 saturated carbocycles. The molecule has 0 unspecified atom stereocenters. The van der Waals surface area contributed by atoms with Crippen LogP contribution in [0, 0.1) is 5.92 Å². The fourth-order valence-corrected chi connectivity index (χ4v) is 5.70. The Morgan fingerprint density at radius 1 is 0.636 bits per heavy atom. The quantitative estimate of drug-likeness (QED) is 0.224. The van der Waals surface area contributed by atoms with E-state index in [0.717, 1.165) is 29.6 Å². The molecule has 0 aromatic heterocycles. The summed E-state index contributed by atoms with van der Waals surface area (Å²) >= 11 is 0. The topological polar surface area (TPSA) is 52.0 Å². The van der Waals surface area contributed by atoms with E-state index >= 15 is 0 Å². The predicted molar refractivity (Wildman–Crippen MR) is 146 cm³/mol. The van der Waals surface area contributed by atoms with Crippen LogP contribution in [0.4, 0.5) is 11.4 Å². The normalized spacial score (nSPS) is 18.5. The molecular formula is C31H48N2. The smallest absolute Gasteiger partial charge is 0.0337 e. The lowest BCUT2D eigenvalue weighted by Gasteiger charge is -2.29. The minimum Gasteiger partial charge on any atom is -0.399 e. The van der Waals surface area contributed by atoms with E-state index in [0.29, 0.717) is 0 Å². The van der Waals surface area contributed by atoms with Gasteiger partial charge < -0.3 is 11.5 Å². The van der Waals surface area contributed by atoms with Gasteiger partial charge >= 0.3 is 0 Å². The van der Waals surface area contributed by atoms with Crippen molar-refractivity contribution >= 4 is 11.4 Å². The van der Waals surface area contributed by atoms with Crippen LogP contribution in [-0.4, -0.2) is 0 Å². The summed E-state index contributed by atoms with van der Waals surface area (Å²) in [4.78, 5) is 0. The number of anilines is 2. The number of benzene rings is 2. The van der Waals surface area contributed by atoms with Crippen molar-refractivity contribution in [2.45, 2.75) is 116 Å². The number of unbranched alkanes of at least 4 members (excludes halogenated alkanes) is 9. The molecule has 2 aromatic rings. The van der Waals surface area contributed by atoms with Crippen molar-refractivity contribution in [1.29, 1.82) is 0 Å². The Balaban J connectivity index is 1.29. The first kappa shape index (κ1) is 25.7. The van der Waals surface area contributed by atoms with Crippen LogP contribution in [-0.2, 0) is 6.42 Å². The zero-order chi connectivity index (χ0) is 23.3. The van der Waals surface area contributed by atoms with Gasteiger partial charge in [0.15, 0.2) is 0 Å². The largest absolute Gasteiger partial charge is 0.399 e. The van der Waals surface area contributed by atoms with E-state index in [1.54, 1.807) is 0 Å². The molecule has 0 aliphatic heterocycles. The van der Waals surface area contributed by atoms with Crippen LogP contribution in [0.5, 0.6) is 0 Å². The first-order chi connectivity index (χ1) is 16.1. The second-order valence-electron chi connectivity index (χ2n) is 10.6. The molecule has 0 bridgehead atoms. The molecule has 33 heavy (non-hydrogen) atoms. The molecular weight excluding hydrogens is 400 g/mol. The molecule has 1 aliphatic carbocycles. The minimum absolute atomic E-state index is 0.746. The van der Waals surface area contributed by atoms with Gasteiger partial charge in [0.05, 0.1) is 0 Å². The molecule has 2 nitrogen and oxygen atoms in total. The van der Waals surface area contributed by atoms with Crippen molar-refractivity contribution in [1.82, 2.24) is 0 Å². The van der Waals surface area contributed by atoms with Crippen LogP contribution in [0.15, 0.2) is 42.5 Å². The van der Waals surface area contributed by atoms with E-state index in [9.17, 15) is 0 Å². The lowest BCUT2D eigenvalue weighted by Crippen LogP contribution is -2.13. The van der Waals surface area contributed by atoms with Gasteiger partial charge in [0.1, 0.15) is 0 Å². The third kappa shape index (κ3) is 9.43. The monoisotopic (exact) mass is 448 g/mol. The first-order valence-electron chi connectivity index (χ1n) is 13.9. The maximum absolute atomic E-state index is 5.94. The number of nitrogens with two attached hydrogens (primary N) is 2. The summed E-state index contributed by atoms with van der Waals surface area (Å²) in [5.74, 6) is 1.73. The number of rotatable bonds is 14. The second kappa shape index (κ2) is 14.3. The van der Waals surface area contributed by atoms with Gasteiger partial charge in [0.25, 0.3) is 0 Å². The molecule has 0 spiro atoms. The van der Waals surface area contributed by atoms with Gasteiger partial charge in [-0.1, -0.05) is 102 Å². The Morgan fingerprint density at radius 2 is 1.18 bits per heavy atom. The van der Waals surface area contributed by atoms with Gasteiger partial charge in [0, 0.05) is 11.4 Å². The molecule has 4 N–H and O–H groups in total. The molecule has 1 fully saturated rings. The Bertz CT molecular complexity index is 767. The molecule has 0 amide bonds. The molecule has 182 valence electrons. The Labute approximate surface area is 203 Å². The molecule has 0 saturated heterocycles. The average molecular weight is 449 g/mol. The Kier molecular flexibility index (Phi) is 11.1. The lowest BCUT2D eigenvalue weighted by molar-refractivity contribution is 0.301. The van der Waals surface area contributed by atoms with Crippen molar-refractivity contribution < 1.29 is 0 Å². The first-order valence-corrected chi connectivity index (χ1v) is 13.9. The van der Waals surface area contributed by atoms with E-state index in [1.165, 1.54) is 113 Å². The predicted octanol–water partition coefficient (Wildman–Crippen LogP) is 9.03. The van der Waals surface area contributed by atoms with Crippen LogP contribution < -0.4 is 11.5 Å². The Morgan fingerprint density at radius 3 is 1.76 bits per heavy atom. The molecule has 1 aliphatic rings. The number of nitrogen functional groups attached to an aromatic ring is 2. The molecule has 0 radical (unpaired) electrons. The summed E-state index contributed by atoms with van der Waals surface area (Å²) in [7, 11) is 0. The highest BCUT2D eigenvalue weighted by atomic mass is 14.6. The third-order valence-corrected chi connectivity index (χ3v) is 7.71. The van der Waals surface area contributed by atoms with Gasteiger partial charge in [-0.2, -0.15) is 0 Å². The van der Waals surface area contributed by atoms with Crippen LogP contribution in [0.3, 0.4) is 0 Å². The van der Waals surface area contributed by atoms with Gasteiger partial charge in [0.2, 0.25) is 0 Å². The average Bonchev–Trinajstić information content (AvgIpc) is 2.81. The highest BCUT2D eigenvalue weighted by Crippen LogP contribution is 2.38. The minimum atomic E-state index is 0.746. The second-order valence-corrected chi connectivity index (χ2v) is 10.6. The van der Waals surface area contributed by atoms with Crippen LogP contribution in [0.2, 0.25) is 0 Å². The van der Waals surface area contributed by atoms with Crippen molar-refractivity contribution in [3.8, 4) is 0 Å². The highest BCUT2D eigenvalue weighted by Gasteiger charge is 2.22. The van der Waals surface area contributed by atoms with Crippen LogP contribution >= 0.6 is 0 Å². The summed E-state index contributed by atoms with van der Waals surface area (Å²) in [5.41, 5.74) is 17.4. The van der Waals surface area contributed by atoms with Gasteiger partial charge in [-0.3, -0.25) is 0 Å². The van der Waals surface area contributed by atoms with E-state index in [4.69, 9.17) is 11.5 Å². The molecule has 0 atom stereocenters. The number of hydrogen-bond donors (Lipinski definition) is 2. The molecule has 3 rings (SSSR count). The SMILES string of the molecule is CCCCCCCCCCCCC1CCC(c2ccc(Cc3cc(N)cc(N)c3)cc2)CC1. The summed E-state index contributed by atoms with van der Waals surface area (Å²) in [6, 6.07) is 15.2. The highest BCUT2D eigenvalue weighted by molar-refractivity contribution is 5.55. The van der Waals surface area contributed by atoms with E-state index in [1.807, 2.05) is 18.2 Å². The van der Waals surface area contributed by atoms with Crippen molar-refractivity contribution in [3.63, 3.8) is 0 Å². The van der Waals surface area contributed by atoms with Gasteiger partial charge in [-0.25, -0.2) is 0 Å². The third-order valence-electron chi connectivity index (χ3n) is 7.71. The maximum atomic E-state index is 5.94. The molecule has 0 heterocycles. The fourth-order valence-electron chi connectivity index (χ4n) is 5.70. The van der Waals surface area contributed by atoms with Gasteiger partial charge in [-0.05, 0) is 78.8 Å². The fraction of sp³-hybridized carbons (Fsp3) is 0.613. The van der Waals surface area contributed by atoms with E-state index < -0.39 is 0 Å². The van der Waals surface area contributed by atoms with E-state index in [2.05, 4.69) is 31.2 Å². The standard InChI is InChI=1S/C31H48N2/c1-2-3-4-5-6-7-8-9-10-11-12-25-13-17-28(18-14-25)29-19-15-26(16-20-29)21-27-22-30(32)24-31(33)23-27/h15-16,19-20,22-25,28H,2-14,17-18,21,32-33H2,1H3. The summed E-state index contributed by atoms with van der Waals surface area (Å²) < 4.78 is 0. The van der Waals surface area contributed by atoms with Crippen molar-refractivity contribution in [3.05, 3.63) is 59.2 Å². The van der Waals surface area contributed by atoms with Crippen LogP contribution in [0.25, 0.3) is 0 Å². The van der Waals surface area contributed by atoms with Crippen molar-refractivity contribution in [2.24, 2.45) is 5.92 Å². The molecule has 2 aromatic carbocycles. The number of hydrogen-bond acceptors (Lipinski definition) is 2.